The van der Waals surface area contributed by atoms with Crippen molar-refractivity contribution >= 4 is 12.2 Å². The third-order valence-electron chi connectivity index (χ3n) is 5.64. The number of benzene rings is 4. The minimum atomic E-state index is -0.879. The van der Waals surface area contributed by atoms with Crippen LogP contribution in [0.3, 0.4) is 0 Å². The Hall–Kier alpha value is -3.79. The van der Waals surface area contributed by atoms with E-state index < -0.39 is 11.6 Å². The van der Waals surface area contributed by atoms with Gasteiger partial charge in [-0.25, -0.2) is 13.2 Å². The van der Waals surface area contributed by atoms with E-state index in [4.69, 9.17) is 4.74 Å². The molecule has 0 amide bonds. The zero-order valence-electron chi connectivity index (χ0n) is 18.4. The number of hydrogen-bond donors (Lipinski definition) is 0. The maximum Gasteiger partial charge on any atom is 0.167 e. The largest absolute Gasteiger partial charge is 0.497 e. The molecule has 0 saturated carbocycles. The van der Waals surface area contributed by atoms with Crippen molar-refractivity contribution in [3.63, 3.8) is 0 Å². The van der Waals surface area contributed by atoms with Crippen molar-refractivity contribution in [1.82, 2.24) is 0 Å². The van der Waals surface area contributed by atoms with Crippen LogP contribution in [-0.4, -0.2) is 7.11 Å². The van der Waals surface area contributed by atoms with Gasteiger partial charge in [0.1, 0.15) is 11.6 Å². The van der Waals surface area contributed by atoms with Crippen LogP contribution in [0.4, 0.5) is 13.2 Å². The average molecular weight is 444 g/mol. The molecule has 0 atom stereocenters. The standard InChI is InChI=1S/C29H23F3O/c1-3-19-4-9-21(10-5-19)25-16-17-26(29(32)28(25)31)22-11-6-20(7-12-22)8-13-23-14-15-24(33-2)18-27(23)30/h4-18H,3H2,1-2H3. The van der Waals surface area contributed by atoms with Crippen LogP contribution < -0.4 is 4.74 Å². The lowest BCUT2D eigenvalue weighted by atomic mass is 9.97. The van der Waals surface area contributed by atoms with Gasteiger partial charge in [0.25, 0.3) is 0 Å². The number of halogens is 3. The van der Waals surface area contributed by atoms with Crippen LogP contribution in [-0.2, 0) is 6.42 Å². The second kappa shape index (κ2) is 9.78. The highest BCUT2D eigenvalue weighted by atomic mass is 19.2. The maximum atomic E-state index is 14.9. The third-order valence-corrected chi connectivity index (χ3v) is 5.64. The van der Waals surface area contributed by atoms with Gasteiger partial charge in [-0.3, -0.25) is 0 Å². The molecule has 0 spiro atoms. The van der Waals surface area contributed by atoms with Crippen LogP contribution in [0.1, 0.15) is 23.6 Å². The lowest BCUT2D eigenvalue weighted by Gasteiger charge is -2.10. The molecule has 0 aromatic heterocycles. The van der Waals surface area contributed by atoms with Crippen molar-refractivity contribution in [2.45, 2.75) is 13.3 Å². The summed E-state index contributed by atoms with van der Waals surface area (Å²) < 4.78 is 48.9. The van der Waals surface area contributed by atoms with E-state index in [0.29, 0.717) is 22.4 Å². The minimum Gasteiger partial charge on any atom is -0.497 e. The first-order valence-electron chi connectivity index (χ1n) is 10.7. The molecule has 0 unspecified atom stereocenters. The summed E-state index contributed by atoms with van der Waals surface area (Å²) in [5.74, 6) is -1.68. The molecule has 0 heterocycles. The molecule has 0 radical (unpaired) electrons. The van der Waals surface area contributed by atoms with E-state index in [1.807, 2.05) is 31.2 Å². The highest BCUT2D eigenvalue weighted by Gasteiger charge is 2.16. The first kappa shape index (κ1) is 22.4. The lowest BCUT2D eigenvalue weighted by Crippen LogP contribution is -1.94. The van der Waals surface area contributed by atoms with Crippen molar-refractivity contribution in [2.75, 3.05) is 7.11 Å². The van der Waals surface area contributed by atoms with Gasteiger partial charge >= 0.3 is 0 Å². The molecule has 166 valence electrons. The minimum absolute atomic E-state index is 0.193. The fourth-order valence-corrected chi connectivity index (χ4v) is 3.65. The summed E-state index contributed by atoms with van der Waals surface area (Å²) in [4.78, 5) is 0. The van der Waals surface area contributed by atoms with E-state index in [9.17, 15) is 13.2 Å². The first-order chi connectivity index (χ1) is 16.0. The second-order valence-electron chi connectivity index (χ2n) is 7.68. The molecule has 4 rings (SSSR count). The van der Waals surface area contributed by atoms with Crippen molar-refractivity contribution < 1.29 is 17.9 Å². The highest BCUT2D eigenvalue weighted by molar-refractivity contribution is 5.75. The van der Waals surface area contributed by atoms with Crippen LogP contribution in [0, 0.1) is 17.5 Å². The number of methoxy groups -OCH3 is 1. The first-order valence-corrected chi connectivity index (χ1v) is 10.7. The third kappa shape index (κ3) is 4.85. The van der Waals surface area contributed by atoms with Gasteiger partial charge in [0.15, 0.2) is 11.6 Å². The molecule has 0 aliphatic heterocycles. The van der Waals surface area contributed by atoms with Gasteiger partial charge in [0, 0.05) is 22.8 Å². The SMILES string of the molecule is CCc1ccc(-c2ccc(-c3ccc(C=Cc4ccc(OC)cc4F)cc3)c(F)c2F)cc1. The van der Waals surface area contributed by atoms with Crippen molar-refractivity contribution in [1.29, 1.82) is 0 Å². The normalized spacial score (nSPS) is 11.2. The van der Waals surface area contributed by atoms with Gasteiger partial charge in [-0.1, -0.05) is 79.7 Å². The molecule has 0 aliphatic carbocycles. The van der Waals surface area contributed by atoms with Crippen LogP contribution in [0.2, 0.25) is 0 Å². The summed E-state index contributed by atoms with van der Waals surface area (Å²) in [6, 6.07) is 22.3. The molecule has 33 heavy (non-hydrogen) atoms. The zero-order valence-corrected chi connectivity index (χ0v) is 18.4. The Labute approximate surface area is 191 Å². The predicted octanol–water partition coefficient (Wildman–Crippen LogP) is 8.18. The smallest absolute Gasteiger partial charge is 0.167 e. The Kier molecular flexibility index (Phi) is 6.64. The molecule has 4 aromatic rings. The fourth-order valence-electron chi connectivity index (χ4n) is 3.65. The Bertz CT molecular complexity index is 1290. The van der Waals surface area contributed by atoms with Gasteiger partial charge in [0.05, 0.1) is 7.11 Å². The quantitative estimate of drug-likeness (QED) is 0.273. The van der Waals surface area contributed by atoms with Gasteiger partial charge in [-0.2, -0.15) is 0 Å². The number of rotatable bonds is 6. The van der Waals surface area contributed by atoms with Gasteiger partial charge in [-0.15, -0.1) is 0 Å². The molecule has 0 fully saturated rings. The molecule has 4 aromatic carbocycles. The van der Waals surface area contributed by atoms with E-state index in [-0.39, 0.29) is 16.9 Å². The van der Waals surface area contributed by atoms with E-state index in [2.05, 4.69) is 0 Å². The summed E-state index contributed by atoms with van der Waals surface area (Å²) in [7, 11) is 1.48. The molecular weight excluding hydrogens is 421 g/mol. The molecular formula is C29H23F3O. The Morgan fingerprint density at radius 1 is 0.697 bits per heavy atom. The van der Waals surface area contributed by atoms with Gasteiger partial charge < -0.3 is 4.74 Å². The monoisotopic (exact) mass is 444 g/mol. The molecule has 0 N–H and O–H groups in total. The zero-order chi connectivity index (χ0) is 23.4. The van der Waals surface area contributed by atoms with Crippen LogP contribution >= 0.6 is 0 Å². The Morgan fingerprint density at radius 3 is 1.79 bits per heavy atom. The highest BCUT2D eigenvalue weighted by Crippen LogP contribution is 2.32. The van der Waals surface area contributed by atoms with Crippen LogP contribution in [0.25, 0.3) is 34.4 Å². The molecule has 1 nitrogen and oxygen atoms in total. The van der Waals surface area contributed by atoms with E-state index in [1.54, 1.807) is 60.7 Å². The molecule has 0 aliphatic rings. The molecule has 4 heteroatoms. The second-order valence-corrected chi connectivity index (χ2v) is 7.68. The fraction of sp³-hybridized carbons (Fsp3) is 0.103. The topological polar surface area (TPSA) is 9.23 Å². The maximum absolute atomic E-state index is 14.9. The van der Waals surface area contributed by atoms with Crippen molar-refractivity contribution in [3.05, 3.63) is 113 Å². The number of ether oxygens (including phenoxy) is 1. The van der Waals surface area contributed by atoms with E-state index >= 15 is 0 Å². The van der Waals surface area contributed by atoms with E-state index in [0.717, 1.165) is 17.5 Å². The lowest BCUT2D eigenvalue weighted by molar-refractivity contribution is 0.411. The van der Waals surface area contributed by atoms with Crippen LogP contribution in [0.15, 0.2) is 78.9 Å². The van der Waals surface area contributed by atoms with Crippen molar-refractivity contribution in [3.8, 4) is 28.0 Å². The van der Waals surface area contributed by atoms with Gasteiger partial charge in [-0.05, 0) is 40.8 Å². The summed E-state index contributed by atoms with van der Waals surface area (Å²) in [6.07, 6.45) is 4.30. The number of hydrogen-bond acceptors (Lipinski definition) is 1. The summed E-state index contributed by atoms with van der Waals surface area (Å²) in [5.41, 5.74) is 4.00. The van der Waals surface area contributed by atoms with E-state index in [1.165, 1.54) is 13.2 Å². The summed E-state index contributed by atoms with van der Waals surface area (Å²) >= 11 is 0. The summed E-state index contributed by atoms with van der Waals surface area (Å²) in [5, 5.41) is 0. The van der Waals surface area contributed by atoms with Crippen molar-refractivity contribution in [2.24, 2.45) is 0 Å². The predicted molar refractivity (Wildman–Crippen MR) is 128 cm³/mol. The number of aryl methyl sites for hydroxylation is 1. The Balaban J connectivity index is 1.56. The van der Waals surface area contributed by atoms with Gasteiger partial charge in [0.2, 0.25) is 0 Å². The van der Waals surface area contributed by atoms with Crippen LogP contribution in [0.5, 0.6) is 5.75 Å². The average Bonchev–Trinajstić information content (AvgIpc) is 2.85. The summed E-state index contributed by atoms with van der Waals surface area (Å²) in [6.45, 7) is 2.04. The molecule has 0 saturated heterocycles. The molecule has 0 bridgehead atoms. The Morgan fingerprint density at radius 2 is 1.27 bits per heavy atom.